The van der Waals surface area contributed by atoms with Crippen molar-refractivity contribution in [2.24, 2.45) is 0 Å². The smallest absolute Gasteiger partial charge is 0.311 e. The summed E-state index contributed by atoms with van der Waals surface area (Å²) in [6.45, 7) is 1.84. The Balaban J connectivity index is 2.61. The molecule has 3 nitrogen and oxygen atoms in total. The third-order valence-corrected chi connectivity index (χ3v) is 3.10. The highest BCUT2D eigenvalue weighted by Crippen LogP contribution is 2.34. The average molecular weight is 161 g/mol. The van der Waals surface area contributed by atoms with E-state index in [4.69, 9.17) is 0 Å². The van der Waals surface area contributed by atoms with Crippen LogP contribution in [0.2, 0.25) is 0 Å². The van der Waals surface area contributed by atoms with Gasteiger partial charge in [-0.3, -0.25) is 4.65 Å². The molecule has 1 rings (SSSR count). The molecule has 0 N–H and O–H groups in total. The van der Waals surface area contributed by atoms with Gasteiger partial charge in [0.2, 0.25) is 0 Å². The predicted octanol–water partition coefficient (Wildman–Crippen LogP) is 0.940. The zero-order chi connectivity index (χ0) is 7.78. The number of hydrogen-bond donors (Lipinski definition) is 0. The second-order valence-corrected chi connectivity index (χ2v) is 3.53. The summed E-state index contributed by atoms with van der Waals surface area (Å²) in [5.74, 6) is -0.259. The van der Waals surface area contributed by atoms with E-state index in [1.165, 1.54) is 18.7 Å². The standard InChI is InChI=1S/C6H11NO2S/c1-5(8)7(9)4-3-6(7)10-2/h6H,3-4H2,1-2H3. The Labute approximate surface area is 64.6 Å². The van der Waals surface area contributed by atoms with Crippen LogP contribution in [0.4, 0.5) is 0 Å². The van der Waals surface area contributed by atoms with Gasteiger partial charge < -0.3 is 5.21 Å². The zero-order valence-electron chi connectivity index (χ0n) is 6.16. The number of carbonyl (C=O) groups excluding carboxylic acids is 1. The fraction of sp³-hybridized carbons (Fsp3) is 0.833. The van der Waals surface area contributed by atoms with E-state index >= 15 is 0 Å². The SMILES string of the molecule is CSC1CC[N+]1([O-])C(C)=O. The molecule has 2 unspecified atom stereocenters. The van der Waals surface area contributed by atoms with Crippen molar-refractivity contribution in [3.05, 3.63) is 5.21 Å². The van der Waals surface area contributed by atoms with Crippen LogP contribution in [0.15, 0.2) is 0 Å². The van der Waals surface area contributed by atoms with Gasteiger partial charge in [0, 0.05) is 0 Å². The van der Waals surface area contributed by atoms with Gasteiger partial charge in [-0.05, 0) is 6.26 Å². The second-order valence-electron chi connectivity index (χ2n) is 2.52. The summed E-state index contributed by atoms with van der Waals surface area (Å²) in [6.07, 6.45) is 2.75. The summed E-state index contributed by atoms with van der Waals surface area (Å²) in [6, 6.07) is 0. The van der Waals surface area contributed by atoms with Crippen molar-refractivity contribution in [2.75, 3.05) is 12.8 Å². The quantitative estimate of drug-likeness (QED) is 0.424. The van der Waals surface area contributed by atoms with Gasteiger partial charge >= 0.3 is 5.91 Å². The maximum atomic E-state index is 11.4. The summed E-state index contributed by atoms with van der Waals surface area (Å²) in [5, 5.41) is 11.4. The summed E-state index contributed by atoms with van der Waals surface area (Å²) in [7, 11) is 0. The number of hydroxylamine groups is 3. The predicted molar refractivity (Wildman–Crippen MR) is 41.1 cm³/mol. The number of likely N-dealkylation sites (tertiary alicyclic amines) is 1. The van der Waals surface area contributed by atoms with Crippen molar-refractivity contribution >= 4 is 17.7 Å². The van der Waals surface area contributed by atoms with E-state index in [1.54, 1.807) is 0 Å². The van der Waals surface area contributed by atoms with Gasteiger partial charge in [0.05, 0.1) is 19.9 Å². The molecule has 2 atom stereocenters. The number of thioether (sulfide) groups is 1. The topological polar surface area (TPSA) is 40.1 Å². The molecule has 0 aliphatic carbocycles. The molecule has 1 amide bonds. The number of quaternary nitrogens is 1. The molecule has 1 saturated heterocycles. The molecule has 0 radical (unpaired) electrons. The summed E-state index contributed by atoms with van der Waals surface area (Å²) in [4.78, 5) is 10.8. The highest BCUT2D eigenvalue weighted by atomic mass is 32.2. The molecular formula is C6H11NO2S. The summed E-state index contributed by atoms with van der Waals surface area (Å²) >= 11 is 1.49. The highest BCUT2D eigenvalue weighted by Gasteiger charge is 2.42. The van der Waals surface area contributed by atoms with Crippen molar-refractivity contribution < 1.29 is 9.44 Å². The van der Waals surface area contributed by atoms with Gasteiger partial charge in [0.25, 0.3) is 0 Å². The third kappa shape index (κ3) is 0.962. The highest BCUT2D eigenvalue weighted by molar-refractivity contribution is 7.99. The van der Waals surface area contributed by atoms with Crippen LogP contribution in [0.3, 0.4) is 0 Å². The van der Waals surface area contributed by atoms with E-state index in [0.29, 0.717) is 6.54 Å². The van der Waals surface area contributed by atoms with Gasteiger partial charge in [-0.2, -0.15) is 0 Å². The van der Waals surface area contributed by atoms with E-state index in [1.807, 2.05) is 6.26 Å². The Bertz CT molecular complexity index is 160. The molecule has 0 aromatic rings. The Morgan fingerprint density at radius 2 is 2.40 bits per heavy atom. The van der Waals surface area contributed by atoms with Crippen LogP contribution < -0.4 is 0 Å². The van der Waals surface area contributed by atoms with Crippen molar-refractivity contribution in [1.29, 1.82) is 0 Å². The minimum absolute atomic E-state index is 0.0301. The fourth-order valence-corrected chi connectivity index (χ4v) is 2.05. The summed E-state index contributed by atoms with van der Waals surface area (Å²) < 4.78 is -0.610. The average Bonchev–Trinajstić information content (AvgIpc) is 1.85. The molecule has 1 aliphatic rings. The van der Waals surface area contributed by atoms with Crippen LogP contribution in [0.5, 0.6) is 0 Å². The van der Waals surface area contributed by atoms with Gasteiger partial charge in [-0.15, -0.1) is 11.8 Å². The minimum Gasteiger partial charge on any atom is -0.624 e. The van der Waals surface area contributed by atoms with Crippen LogP contribution in [-0.4, -0.2) is 28.7 Å². The number of carbonyl (C=O) groups is 1. The van der Waals surface area contributed by atoms with Crippen LogP contribution in [0.1, 0.15) is 13.3 Å². The monoisotopic (exact) mass is 161 g/mol. The van der Waals surface area contributed by atoms with Gasteiger partial charge in [0.1, 0.15) is 5.37 Å². The first-order chi connectivity index (χ1) is 4.61. The van der Waals surface area contributed by atoms with E-state index in [9.17, 15) is 10.0 Å². The van der Waals surface area contributed by atoms with Crippen molar-refractivity contribution in [3.63, 3.8) is 0 Å². The van der Waals surface area contributed by atoms with Crippen LogP contribution >= 0.6 is 11.8 Å². The fourth-order valence-electron chi connectivity index (χ4n) is 1.12. The Hall–Kier alpha value is -0.0600. The van der Waals surface area contributed by atoms with Crippen molar-refractivity contribution in [3.8, 4) is 0 Å². The molecule has 1 fully saturated rings. The van der Waals surface area contributed by atoms with Crippen LogP contribution in [0, 0.1) is 5.21 Å². The molecule has 10 heavy (non-hydrogen) atoms. The normalized spacial score (nSPS) is 38.9. The van der Waals surface area contributed by atoms with Gasteiger partial charge in [-0.1, -0.05) is 0 Å². The largest absolute Gasteiger partial charge is 0.624 e. The molecule has 0 spiro atoms. The lowest BCUT2D eigenvalue weighted by atomic mass is 10.2. The molecule has 0 aromatic carbocycles. The molecule has 0 aromatic heterocycles. The number of rotatable bonds is 1. The maximum absolute atomic E-state index is 11.4. The maximum Gasteiger partial charge on any atom is 0.311 e. The summed E-state index contributed by atoms with van der Waals surface area (Å²) in [5.41, 5.74) is 0. The first kappa shape index (κ1) is 8.04. The van der Waals surface area contributed by atoms with E-state index < -0.39 is 4.65 Å². The molecule has 1 aliphatic heterocycles. The zero-order valence-corrected chi connectivity index (χ0v) is 6.98. The molecule has 4 heteroatoms. The van der Waals surface area contributed by atoms with Gasteiger partial charge in [-0.25, -0.2) is 4.79 Å². The number of amides is 1. The van der Waals surface area contributed by atoms with E-state index in [0.717, 1.165) is 6.42 Å². The van der Waals surface area contributed by atoms with Crippen LogP contribution in [-0.2, 0) is 4.79 Å². The number of nitrogens with zero attached hydrogens (tertiary/aromatic N) is 1. The molecule has 58 valence electrons. The second kappa shape index (κ2) is 2.53. The Morgan fingerprint density at radius 3 is 2.50 bits per heavy atom. The first-order valence-electron chi connectivity index (χ1n) is 3.24. The minimum atomic E-state index is -0.610. The lowest BCUT2D eigenvalue weighted by Gasteiger charge is -2.52. The molecular weight excluding hydrogens is 150 g/mol. The third-order valence-electron chi connectivity index (χ3n) is 1.98. The first-order valence-corrected chi connectivity index (χ1v) is 4.52. The van der Waals surface area contributed by atoms with Gasteiger partial charge in [0.15, 0.2) is 0 Å². The van der Waals surface area contributed by atoms with Crippen molar-refractivity contribution in [1.82, 2.24) is 0 Å². The van der Waals surface area contributed by atoms with E-state index in [-0.39, 0.29) is 11.3 Å². The molecule has 0 bridgehead atoms. The lowest BCUT2D eigenvalue weighted by Crippen LogP contribution is -2.61. The Morgan fingerprint density at radius 1 is 1.80 bits per heavy atom. The molecule has 0 saturated carbocycles. The molecule has 1 heterocycles. The van der Waals surface area contributed by atoms with Crippen molar-refractivity contribution in [2.45, 2.75) is 18.7 Å². The van der Waals surface area contributed by atoms with E-state index in [2.05, 4.69) is 0 Å². The lowest BCUT2D eigenvalue weighted by molar-refractivity contribution is -0.856. The Kier molecular flexibility index (Phi) is 2.03. The number of hydrogen-bond acceptors (Lipinski definition) is 3. The van der Waals surface area contributed by atoms with Crippen LogP contribution in [0.25, 0.3) is 0 Å².